The fourth-order valence-corrected chi connectivity index (χ4v) is 3.46. The Bertz CT molecular complexity index is 823. The fourth-order valence-electron chi connectivity index (χ4n) is 3.46. The van der Waals surface area contributed by atoms with E-state index in [4.69, 9.17) is 4.74 Å². The first-order valence-corrected chi connectivity index (χ1v) is 9.29. The van der Waals surface area contributed by atoms with E-state index in [1.54, 1.807) is 4.90 Å². The number of nitrogens with zero attached hydrogens (tertiary/aromatic N) is 1. The lowest BCUT2D eigenvalue weighted by Gasteiger charge is -2.21. The Morgan fingerprint density at radius 1 is 1.11 bits per heavy atom. The summed E-state index contributed by atoms with van der Waals surface area (Å²) >= 11 is 0. The molecule has 2 aromatic rings. The Morgan fingerprint density at radius 2 is 1.74 bits per heavy atom. The maximum Gasteiger partial charge on any atom is 0.229 e. The molecular formula is C22H26N2O3. The predicted octanol–water partition coefficient (Wildman–Crippen LogP) is 4.08. The summed E-state index contributed by atoms with van der Waals surface area (Å²) in [5, 5.41) is 2.91. The molecule has 27 heavy (non-hydrogen) atoms. The van der Waals surface area contributed by atoms with Gasteiger partial charge in [-0.1, -0.05) is 18.2 Å². The molecule has 2 aromatic carbocycles. The third-order valence-corrected chi connectivity index (χ3v) is 4.70. The van der Waals surface area contributed by atoms with Crippen LogP contribution in [0.1, 0.15) is 31.4 Å². The van der Waals surface area contributed by atoms with Crippen LogP contribution in [-0.2, 0) is 9.59 Å². The van der Waals surface area contributed by atoms with Crippen LogP contribution in [0.2, 0.25) is 0 Å². The van der Waals surface area contributed by atoms with Crippen molar-refractivity contribution in [3.63, 3.8) is 0 Å². The molecule has 1 fully saturated rings. The molecule has 3 rings (SSSR count). The van der Waals surface area contributed by atoms with E-state index in [0.29, 0.717) is 12.2 Å². The van der Waals surface area contributed by atoms with E-state index in [0.717, 1.165) is 22.6 Å². The predicted molar refractivity (Wildman–Crippen MR) is 107 cm³/mol. The summed E-state index contributed by atoms with van der Waals surface area (Å²) in [6.07, 6.45) is 0.333. The molecule has 1 atom stereocenters. The van der Waals surface area contributed by atoms with Gasteiger partial charge in [-0.2, -0.15) is 0 Å². The number of aryl methyl sites for hydroxylation is 2. The number of hydrogen-bond donors (Lipinski definition) is 1. The number of nitrogens with one attached hydrogen (secondary N) is 1. The van der Waals surface area contributed by atoms with E-state index < -0.39 is 0 Å². The molecule has 1 heterocycles. The highest BCUT2D eigenvalue weighted by Crippen LogP contribution is 2.31. The minimum absolute atomic E-state index is 0.00627. The van der Waals surface area contributed by atoms with E-state index in [1.807, 2.05) is 70.2 Å². The molecule has 1 saturated heterocycles. The summed E-state index contributed by atoms with van der Waals surface area (Å²) < 4.78 is 5.61. The minimum Gasteiger partial charge on any atom is -0.491 e. The quantitative estimate of drug-likeness (QED) is 0.867. The molecule has 142 valence electrons. The van der Waals surface area contributed by atoms with Gasteiger partial charge in [-0.3, -0.25) is 9.59 Å². The van der Waals surface area contributed by atoms with Gasteiger partial charge in [0.25, 0.3) is 0 Å². The average Bonchev–Trinajstić information content (AvgIpc) is 2.98. The van der Waals surface area contributed by atoms with Crippen molar-refractivity contribution in [2.75, 3.05) is 16.8 Å². The van der Waals surface area contributed by atoms with Crippen LogP contribution in [-0.4, -0.2) is 24.5 Å². The topological polar surface area (TPSA) is 58.6 Å². The number of hydrogen-bond acceptors (Lipinski definition) is 3. The maximum absolute atomic E-state index is 12.6. The molecule has 1 N–H and O–H groups in total. The van der Waals surface area contributed by atoms with Gasteiger partial charge in [-0.05, 0) is 63.1 Å². The van der Waals surface area contributed by atoms with Gasteiger partial charge in [0.2, 0.25) is 11.8 Å². The molecule has 0 aliphatic carbocycles. The van der Waals surface area contributed by atoms with Crippen LogP contribution in [0.25, 0.3) is 0 Å². The van der Waals surface area contributed by atoms with Crippen LogP contribution in [0.15, 0.2) is 42.5 Å². The van der Waals surface area contributed by atoms with Crippen molar-refractivity contribution >= 4 is 23.2 Å². The van der Waals surface area contributed by atoms with Crippen molar-refractivity contribution in [2.45, 2.75) is 40.2 Å². The largest absolute Gasteiger partial charge is 0.491 e. The highest BCUT2D eigenvalue weighted by Gasteiger charge is 2.36. The fraction of sp³-hybridized carbons (Fsp3) is 0.364. The molecule has 0 saturated carbocycles. The monoisotopic (exact) mass is 366 g/mol. The van der Waals surface area contributed by atoms with Crippen LogP contribution in [0.3, 0.4) is 0 Å². The van der Waals surface area contributed by atoms with Crippen LogP contribution >= 0.6 is 0 Å². The normalized spacial score (nSPS) is 16.7. The van der Waals surface area contributed by atoms with Crippen LogP contribution in [0.4, 0.5) is 11.4 Å². The molecule has 0 spiro atoms. The molecule has 5 heteroatoms. The van der Waals surface area contributed by atoms with Crippen molar-refractivity contribution in [3.05, 3.63) is 53.6 Å². The second-order valence-corrected chi connectivity index (χ2v) is 7.33. The first-order valence-electron chi connectivity index (χ1n) is 9.29. The molecule has 1 aliphatic heterocycles. The highest BCUT2D eigenvalue weighted by atomic mass is 16.5. The lowest BCUT2D eigenvalue weighted by molar-refractivity contribution is -0.122. The number of carbonyl (C=O) groups excluding carboxylic acids is 2. The summed E-state index contributed by atoms with van der Waals surface area (Å²) in [6, 6.07) is 13.3. The van der Waals surface area contributed by atoms with Crippen LogP contribution < -0.4 is 15.0 Å². The maximum atomic E-state index is 12.6. The number of anilines is 2. The van der Waals surface area contributed by atoms with E-state index in [-0.39, 0.29) is 30.3 Å². The van der Waals surface area contributed by atoms with E-state index in [9.17, 15) is 9.59 Å². The van der Waals surface area contributed by atoms with Gasteiger partial charge in [-0.15, -0.1) is 0 Å². The zero-order valence-electron chi connectivity index (χ0n) is 16.3. The number of rotatable bonds is 5. The van der Waals surface area contributed by atoms with Crippen molar-refractivity contribution in [2.24, 2.45) is 5.92 Å². The second-order valence-electron chi connectivity index (χ2n) is 7.33. The third-order valence-electron chi connectivity index (χ3n) is 4.70. The van der Waals surface area contributed by atoms with Crippen molar-refractivity contribution in [3.8, 4) is 5.75 Å². The summed E-state index contributed by atoms with van der Waals surface area (Å²) in [6.45, 7) is 8.32. The molecular weight excluding hydrogens is 340 g/mol. The molecule has 0 bridgehead atoms. The smallest absolute Gasteiger partial charge is 0.229 e. The first-order chi connectivity index (χ1) is 12.8. The molecule has 1 unspecified atom stereocenters. The summed E-state index contributed by atoms with van der Waals surface area (Å²) in [5.41, 5.74) is 3.72. The highest BCUT2D eigenvalue weighted by molar-refractivity contribution is 6.04. The molecule has 1 aliphatic rings. The number of amides is 2. The summed E-state index contributed by atoms with van der Waals surface area (Å²) in [7, 11) is 0. The lowest BCUT2D eigenvalue weighted by Crippen LogP contribution is -2.29. The van der Waals surface area contributed by atoms with Gasteiger partial charge in [-0.25, -0.2) is 0 Å². The van der Waals surface area contributed by atoms with Crippen LogP contribution in [0, 0.1) is 19.8 Å². The van der Waals surface area contributed by atoms with Crippen molar-refractivity contribution in [1.29, 1.82) is 0 Å². The van der Waals surface area contributed by atoms with Gasteiger partial charge >= 0.3 is 0 Å². The number of carbonyl (C=O) groups is 2. The van der Waals surface area contributed by atoms with Gasteiger partial charge in [0.1, 0.15) is 5.75 Å². The first kappa shape index (κ1) is 19.0. The molecule has 0 radical (unpaired) electrons. The Labute approximate surface area is 160 Å². The van der Waals surface area contributed by atoms with E-state index >= 15 is 0 Å². The number of benzene rings is 2. The van der Waals surface area contributed by atoms with Crippen molar-refractivity contribution in [1.82, 2.24) is 0 Å². The summed E-state index contributed by atoms with van der Waals surface area (Å²) in [4.78, 5) is 26.9. The van der Waals surface area contributed by atoms with Crippen molar-refractivity contribution < 1.29 is 14.3 Å². The Hall–Kier alpha value is -2.82. The molecule has 2 amide bonds. The van der Waals surface area contributed by atoms with E-state index in [2.05, 4.69) is 5.32 Å². The summed E-state index contributed by atoms with van der Waals surface area (Å²) in [5.74, 6) is 0.270. The van der Waals surface area contributed by atoms with Gasteiger partial charge in [0, 0.05) is 24.3 Å². The zero-order valence-corrected chi connectivity index (χ0v) is 16.3. The SMILES string of the molecule is Cc1cccc(C)c1N1CC(C(=O)Nc2ccc(OC(C)C)cc2)CC1=O. The van der Waals surface area contributed by atoms with Gasteiger partial charge in [0.15, 0.2) is 0 Å². The average molecular weight is 366 g/mol. The lowest BCUT2D eigenvalue weighted by atomic mass is 10.1. The van der Waals surface area contributed by atoms with E-state index in [1.165, 1.54) is 0 Å². The zero-order chi connectivity index (χ0) is 19.6. The molecule has 0 aromatic heterocycles. The second kappa shape index (κ2) is 7.82. The number of ether oxygens (including phenoxy) is 1. The standard InChI is InChI=1S/C22H26N2O3/c1-14(2)27-19-10-8-18(9-11-19)23-22(26)17-12-20(25)24(13-17)21-15(3)6-5-7-16(21)4/h5-11,14,17H,12-13H2,1-4H3,(H,23,26). The minimum atomic E-state index is -0.358. The Morgan fingerprint density at radius 3 is 2.33 bits per heavy atom. The third kappa shape index (κ3) is 4.30. The van der Waals surface area contributed by atoms with Crippen LogP contribution in [0.5, 0.6) is 5.75 Å². The van der Waals surface area contributed by atoms with Gasteiger partial charge < -0.3 is 15.0 Å². The van der Waals surface area contributed by atoms with Gasteiger partial charge in [0.05, 0.1) is 12.0 Å². The molecule has 5 nitrogen and oxygen atoms in total. The Balaban J connectivity index is 1.67. The number of para-hydroxylation sites is 1. The Kier molecular flexibility index (Phi) is 5.49.